The van der Waals surface area contributed by atoms with Gasteiger partial charge in [0.2, 0.25) is 0 Å². The summed E-state index contributed by atoms with van der Waals surface area (Å²) in [5.41, 5.74) is 0. The standard InChI is InChI=1S/C11H22N4O/c1-2-3-4-13-11(16)14-7-10-15-8-5-12-6-9-15/h3-4,12H,2,5-10H2,1H3,(H2,13,14,16)/b4-3+. The van der Waals surface area contributed by atoms with Crippen LogP contribution in [-0.2, 0) is 0 Å². The zero-order valence-corrected chi connectivity index (χ0v) is 9.96. The van der Waals surface area contributed by atoms with Crippen LogP contribution in [0, 0.1) is 0 Å². The first-order valence-electron chi connectivity index (χ1n) is 5.95. The number of amides is 2. The van der Waals surface area contributed by atoms with Gasteiger partial charge >= 0.3 is 6.03 Å². The second-order valence-corrected chi connectivity index (χ2v) is 3.80. The topological polar surface area (TPSA) is 56.4 Å². The van der Waals surface area contributed by atoms with Gasteiger partial charge in [0.25, 0.3) is 0 Å². The summed E-state index contributed by atoms with van der Waals surface area (Å²) < 4.78 is 0. The maximum absolute atomic E-state index is 11.3. The molecule has 0 aromatic heterocycles. The second kappa shape index (κ2) is 8.13. The summed E-state index contributed by atoms with van der Waals surface area (Å²) in [6.45, 7) is 7.88. The summed E-state index contributed by atoms with van der Waals surface area (Å²) in [7, 11) is 0. The first-order valence-corrected chi connectivity index (χ1v) is 5.95. The molecular formula is C11H22N4O. The third-order valence-electron chi connectivity index (χ3n) is 2.49. The molecule has 92 valence electrons. The van der Waals surface area contributed by atoms with Crippen LogP contribution in [0.3, 0.4) is 0 Å². The number of urea groups is 1. The number of carbonyl (C=O) groups is 1. The fourth-order valence-corrected chi connectivity index (χ4v) is 1.57. The normalized spacial score (nSPS) is 17.6. The van der Waals surface area contributed by atoms with Crippen molar-refractivity contribution in [3.8, 4) is 0 Å². The van der Waals surface area contributed by atoms with Crippen LogP contribution in [0.15, 0.2) is 12.3 Å². The lowest BCUT2D eigenvalue weighted by Crippen LogP contribution is -2.46. The van der Waals surface area contributed by atoms with E-state index in [-0.39, 0.29) is 6.03 Å². The minimum absolute atomic E-state index is 0.125. The fraction of sp³-hybridized carbons (Fsp3) is 0.727. The molecule has 0 saturated carbocycles. The predicted molar refractivity (Wildman–Crippen MR) is 65.3 cm³/mol. The molecule has 5 nitrogen and oxygen atoms in total. The molecular weight excluding hydrogens is 204 g/mol. The van der Waals surface area contributed by atoms with Crippen LogP contribution in [0.1, 0.15) is 13.3 Å². The summed E-state index contributed by atoms with van der Waals surface area (Å²) in [6.07, 6.45) is 4.52. The minimum Gasteiger partial charge on any atom is -0.337 e. The van der Waals surface area contributed by atoms with Crippen LogP contribution >= 0.6 is 0 Å². The highest BCUT2D eigenvalue weighted by Gasteiger charge is 2.08. The van der Waals surface area contributed by atoms with Crippen molar-refractivity contribution < 1.29 is 4.79 Å². The molecule has 3 N–H and O–H groups in total. The number of hydrogen-bond donors (Lipinski definition) is 3. The number of piperazine rings is 1. The second-order valence-electron chi connectivity index (χ2n) is 3.80. The summed E-state index contributed by atoms with van der Waals surface area (Å²) in [4.78, 5) is 13.6. The highest BCUT2D eigenvalue weighted by atomic mass is 16.2. The maximum atomic E-state index is 11.3. The summed E-state index contributed by atoms with van der Waals surface area (Å²) in [5.74, 6) is 0. The number of rotatable bonds is 5. The summed E-state index contributed by atoms with van der Waals surface area (Å²) in [6, 6.07) is -0.125. The Hall–Kier alpha value is -1.07. The van der Waals surface area contributed by atoms with Gasteiger partial charge in [-0.15, -0.1) is 0 Å². The molecule has 0 unspecified atom stereocenters. The quantitative estimate of drug-likeness (QED) is 0.624. The number of nitrogens with one attached hydrogen (secondary N) is 3. The van der Waals surface area contributed by atoms with Gasteiger partial charge in [-0.3, -0.25) is 4.90 Å². The van der Waals surface area contributed by atoms with Gasteiger partial charge in [-0.1, -0.05) is 13.0 Å². The van der Waals surface area contributed by atoms with Crippen molar-refractivity contribution in [2.75, 3.05) is 39.3 Å². The molecule has 0 bridgehead atoms. The van der Waals surface area contributed by atoms with Crippen molar-refractivity contribution in [3.05, 3.63) is 12.3 Å². The van der Waals surface area contributed by atoms with Crippen LogP contribution < -0.4 is 16.0 Å². The molecule has 0 aromatic carbocycles. The van der Waals surface area contributed by atoms with Crippen LogP contribution in [0.2, 0.25) is 0 Å². The van der Waals surface area contributed by atoms with E-state index in [1.165, 1.54) is 0 Å². The Balaban J connectivity index is 2.01. The third-order valence-corrected chi connectivity index (χ3v) is 2.49. The number of nitrogens with zero attached hydrogens (tertiary/aromatic N) is 1. The highest BCUT2D eigenvalue weighted by Crippen LogP contribution is 1.89. The molecule has 0 atom stereocenters. The average molecular weight is 226 g/mol. The predicted octanol–water partition coefficient (Wildman–Crippen LogP) is 0.115. The van der Waals surface area contributed by atoms with Gasteiger partial charge in [0.1, 0.15) is 0 Å². The van der Waals surface area contributed by atoms with Crippen LogP contribution in [0.5, 0.6) is 0 Å². The van der Waals surface area contributed by atoms with Crippen molar-refractivity contribution in [3.63, 3.8) is 0 Å². The Bertz CT molecular complexity index is 224. The highest BCUT2D eigenvalue weighted by molar-refractivity contribution is 5.74. The maximum Gasteiger partial charge on any atom is 0.318 e. The van der Waals surface area contributed by atoms with Gasteiger partial charge < -0.3 is 16.0 Å². The van der Waals surface area contributed by atoms with Gasteiger partial charge in [-0.25, -0.2) is 4.79 Å². The molecule has 16 heavy (non-hydrogen) atoms. The molecule has 0 aromatic rings. The largest absolute Gasteiger partial charge is 0.337 e. The van der Waals surface area contributed by atoms with Gasteiger partial charge in [-0.05, 0) is 6.42 Å². The molecule has 1 rings (SSSR count). The number of carbonyl (C=O) groups excluding carboxylic acids is 1. The molecule has 1 aliphatic heterocycles. The van der Waals surface area contributed by atoms with E-state index in [0.717, 1.165) is 39.1 Å². The van der Waals surface area contributed by atoms with E-state index in [9.17, 15) is 4.79 Å². The van der Waals surface area contributed by atoms with Gasteiger partial charge in [0.15, 0.2) is 0 Å². The van der Waals surface area contributed by atoms with Crippen LogP contribution in [0.4, 0.5) is 4.79 Å². The Labute approximate surface area is 97.3 Å². The van der Waals surface area contributed by atoms with E-state index in [1.807, 2.05) is 13.0 Å². The van der Waals surface area contributed by atoms with Crippen molar-refractivity contribution >= 4 is 6.03 Å². The Morgan fingerprint density at radius 3 is 2.88 bits per heavy atom. The van der Waals surface area contributed by atoms with Crippen molar-refractivity contribution in [1.82, 2.24) is 20.9 Å². The molecule has 1 heterocycles. The third kappa shape index (κ3) is 5.72. The minimum atomic E-state index is -0.125. The monoisotopic (exact) mass is 226 g/mol. The molecule has 0 aliphatic carbocycles. The number of allylic oxidation sites excluding steroid dienone is 1. The van der Waals surface area contributed by atoms with Gasteiger partial charge in [0, 0.05) is 45.5 Å². The first-order chi connectivity index (χ1) is 7.83. The van der Waals surface area contributed by atoms with Gasteiger partial charge in [-0.2, -0.15) is 0 Å². The zero-order valence-electron chi connectivity index (χ0n) is 9.96. The Morgan fingerprint density at radius 1 is 1.44 bits per heavy atom. The molecule has 1 fully saturated rings. The lowest BCUT2D eigenvalue weighted by atomic mass is 10.3. The lowest BCUT2D eigenvalue weighted by Gasteiger charge is -2.26. The van der Waals surface area contributed by atoms with Crippen molar-refractivity contribution in [2.24, 2.45) is 0 Å². The Morgan fingerprint density at radius 2 is 2.19 bits per heavy atom. The van der Waals surface area contributed by atoms with E-state index >= 15 is 0 Å². The summed E-state index contributed by atoms with van der Waals surface area (Å²) in [5, 5.41) is 8.78. The van der Waals surface area contributed by atoms with Crippen molar-refractivity contribution in [1.29, 1.82) is 0 Å². The van der Waals surface area contributed by atoms with E-state index in [1.54, 1.807) is 6.20 Å². The molecule has 5 heteroatoms. The number of hydrogen-bond acceptors (Lipinski definition) is 3. The molecule has 0 spiro atoms. The van der Waals surface area contributed by atoms with E-state index < -0.39 is 0 Å². The average Bonchev–Trinajstić information content (AvgIpc) is 2.31. The lowest BCUT2D eigenvalue weighted by molar-refractivity contribution is 0.229. The fourth-order valence-electron chi connectivity index (χ4n) is 1.57. The van der Waals surface area contributed by atoms with Gasteiger partial charge in [0.05, 0.1) is 0 Å². The molecule has 1 aliphatic rings. The smallest absolute Gasteiger partial charge is 0.318 e. The van der Waals surface area contributed by atoms with E-state index in [0.29, 0.717) is 6.54 Å². The van der Waals surface area contributed by atoms with Crippen LogP contribution in [0.25, 0.3) is 0 Å². The SMILES string of the molecule is CC/C=C/NC(=O)NCCN1CCNCC1. The van der Waals surface area contributed by atoms with E-state index in [4.69, 9.17) is 0 Å². The zero-order chi connectivity index (χ0) is 11.6. The molecule has 1 saturated heterocycles. The molecule has 0 radical (unpaired) electrons. The van der Waals surface area contributed by atoms with E-state index in [2.05, 4.69) is 20.9 Å². The molecule has 2 amide bonds. The van der Waals surface area contributed by atoms with Crippen LogP contribution in [-0.4, -0.2) is 50.2 Å². The first kappa shape index (κ1) is 13.0. The van der Waals surface area contributed by atoms with Crippen molar-refractivity contribution in [2.45, 2.75) is 13.3 Å². The summed E-state index contributed by atoms with van der Waals surface area (Å²) >= 11 is 0. The Kier molecular flexibility index (Phi) is 6.60.